The van der Waals surface area contributed by atoms with E-state index in [1.54, 1.807) is 0 Å². The van der Waals surface area contributed by atoms with Crippen LogP contribution in [0.3, 0.4) is 0 Å². The molecule has 2 aromatic rings. The van der Waals surface area contributed by atoms with Crippen molar-refractivity contribution in [1.82, 2.24) is 0 Å². The van der Waals surface area contributed by atoms with E-state index in [0.717, 1.165) is 0 Å². The highest BCUT2D eigenvalue weighted by Gasteiger charge is 2.42. The van der Waals surface area contributed by atoms with E-state index in [-0.39, 0.29) is 0 Å². The number of benzene rings is 2. The fraction of sp³-hybridized carbons (Fsp3) is 0. The van der Waals surface area contributed by atoms with Crippen molar-refractivity contribution in [3.8, 4) is 57.1 Å². The molecule has 0 aromatic heterocycles. The molecule has 0 radical (unpaired) electrons. The summed E-state index contributed by atoms with van der Waals surface area (Å²) in [4.78, 5) is 12.2. The number of carbonyl (C=O) groups excluding carboxylic acids is 1. The summed E-state index contributed by atoms with van der Waals surface area (Å²) in [5.41, 5.74) is -2.62. The quantitative estimate of drug-likeness (QED) is 0.217. The molecule has 0 aliphatic heterocycles. The predicted molar refractivity (Wildman–Crippen MR) is 68.6 cm³/mol. The van der Waals surface area contributed by atoms with E-state index < -0.39 is 74.0 Å². The van der Waals surface area contributed by atoms with E-state index in [4.69, 9.17) is 0 Å². The lowest BCUT2D eigenvalue weighted by atomic mass is 10.0. The molecular formula is C13H8O9. The average Bonchev–Trinajstić information content (AvgIpc) is 2.80. The highest BCUT2D eigenvalue weighted by Crippen LogP contribution is 2.62. The minimum absolute atomic E-state index is 0.601. The van der Waals surface area contributed by atoms with Crippen LogP contribution < -0.4 is 0 Å². The number of ketones is 1. The Labute approximate surface area is 120 Å². The zero-order chi connectivity index (χ0) is 16.5. The van der Waals surface area contributed by atoms with Crippen molar-refractivity contribution in [1.29, 1.82) is 0 Å². The van der Waals surface area contributed by atoms with Gasteiger partial charge in [-0.3, -0.25) is 4.79 Å². The van der Waals surface area contributed by atoms with Crippen molar-refractivity contribution >= 4 is 5.78 Å². The Balaban J connectivity index is 2.59. The molecule has 22 heavy (non-hydrogen) atoms. The van der Waals surface area contributed by atoms with Crippen LogP contribution in [0.2, 0.25) is 0 Å². The monoisotopic (exact) mass is 308 g/mol. The Morgan fingerprint density at radius 1 is 0.364 bits per heavy atom. The van der Waals surface area contributed by atoms with E-state index >= 15 is 0 Å². The van der Waals surface area contributed by atoms with Crippen molar-refractivity contribution in [2.45, 2.75) is 0 Å². The molecule has 0 atom stereocenters. The second-order valence-electron chi connectivity index (χ2n) is 4.62. The summed E-state index contributed by atoms with van der Waals surface area (Å²) < 4.78 is 0. The first-order chi connectivity index (χ1) is 10.2. The highest BCUT2D eigenvalue weighted by molar-refractivity contribution is 6.27. The second-order valence-corrected chi connectivity index (χ2v) is 4.62. The summed E-state index contributed by atoms with van der Waals surface area (Å²) in [5, 5.41) is 77.2. The molecule has 8 N–H and O–H groups in total. The van der Waals surface area contributed by atoms with Gasteiger partial charge in [0.05, 0.1) is 11.1 Å². The third-order valence-corrected chi connectivity index (χ3v) is 3.50. The Hall–Kier alpha value is -3.49. The van der Waals surface area contributed by atoms with Crippen LogP contribution in [-0.2, 0) is 0 Å². The number of aromatic hydroxyl groups is 8. The summed E-state index contributed by atoms with van der Waals surface area (Å²) in [6, 6.07) is 0. The van der Waals surface area contributed by atoms with E-state index in [1.165, 1.54) is 0 Å². The van der Waals surface area contributed by atoms with Crippen molar-refractivity contribution in [3.05, 3.63) is 11.1 Å². The maximum Gasteiger partial charge on any atom is 0.205 e. The minimum Gasteiger partial charge on any atom is -0.504 e. The largest absolute Gasteiger partial charge is 0.504 e. The van der Waals surface area contributed by atoms with Crippen LogP contribution in [0.15, 0.2) is 0 Å². The van der Waals surface area contributed by atoms with E-state index in [9.17, 15) is 45.6 Å². The van der Waals surface area contributed by atoms with Gasteiger partial charge in [0.15, 0.2) is 23.0 Å². The molecule has 9 nitrogen and oxygen atoms in total. The topological polar surface area (TPSA) is 179 Å². The fourth-order valence-corrected chi connectivity index (χ4v) is 2.45. The minimum atomic E-state index is -1.18. The van der Waals surface area contributed by atoms with Crippen LogP contribution in [0.25, 0.3) is 11.1 Å². The van der Waals surface area contributed by atoms with Crippen LogP contribution in [0.5, 0.6) is 46.0 Å². The molecule has 3 rings (SSSR count). The van der Waals surface area contributed by atoms with Gasteiger partial charge in [0.1, 0.15) is 0 Å². The van der Waals surface area contributed by atoms with E-state index in [0.29, 0.717) is 0 Å². The summed E-state index contributed by atoms with van der Waals surface area (Å²) in [6.07, 6.45) is 0. The third kappa shape index (κ3) is 1.24. The molecule has 0 bridgehead atoms. The molecule has 0 saturated heterocycles. The Morgan fingerprint density at radius 3 is 0.864 bits per heavy atom. The summed E-state index contributed by atoms with van der Waals surface area (Å²) >= 11 is 0. The maximum absolute atomic E-state index is 12.2. The summed E-state index contributed by atoms with van der Waals surface area (Å²) in [5.74, 6) is -10.1. The average molecular weight is 308 g/mol. The van der Waals surface area contributed by atoms with Gasteiger partial charge in [0.2, 0.25) is 28.8 Å². The van der Waals surface area contributed by atoms with E-state index in [2.05, 4.69) is 0 Å². The lowest BCUT2D eigenvalue weighted by Crippen LogP contribution is -1.97. The molecule has 0 amide bonds. The molecule has 0 fully saturated rings. The van der Waals surface area contributed by atoms with Crippen LogP contribution >= 0.6 is 0 Å². The molecule has 0 heterocycles. The molecule has 1 aliphatic rings. The van der Waals surface area contributed by atoms with Gasteiger partial charge in [-0.1, -0.05) is 0 Å². The van der Waals surface area contributed by atoms with Gasteiger partial charge < -0.3 is 40.9 Å². The molecule has 0 spiro atoms. The molecule has 0 unspecified atom stereocenters. The Kier molecular flexibility index (Phi) is 2.32. The summed E-state index contributed by atoms with van der Waals surface area (Å²) in [6.45, 7) is 0. The van der Waals surface area contributed by atoms with Gasteiger partial charge in [-0.25, -0.2) is 0 Å². The van der Waals surface area contributed by atoms with Crippen LogP contribution in [-0.4, -0.2) is 46.6 Å². The summed E-state index contributed by atoms with van der Waals surface area (Å²) in [7, 11) is 0. The predicted octanol–water partition coefficient (Wildman–Crippen LogP) is 0.543. The van der Waals surface area contributed by atoms with E-state index in [1.807, 2.05) is 0 Å². The normalized spacial score (nSPS) is 12.3. The molecule has 0 saturated carbocycles. The van der Waals surface area contributed by atoms with Crippen molar-refractivity contribution < 1.29 is 45.6 Å². The van der Waals surface area contributed by atoms with Crippen LogP contribution in [0.4, 0.5) is 0 Å². The fourth-order valence-electron chi connectivity index (χ4n) is 2.45. The standard InChI is InChI=1S/C13H8O9/c14-5-3-1(6(15)10(19)12(21)8(3)17)2-4(5)9(18)13(22)11(20)7(2)16/h15-22H. The van der Waals surface area contributed by atoms with Gasteiger partial charge >= 0.3 is 0 Å². The van der Waals surface area contributed by atoms with Gasteiger partial charge in [-0.15, -0.1) is 0 Å². The number of rotatable bonds is 0. The lowest BCUT2D eigenvalue weighted by Gasteiger charge is -2.11. The Bertz CT molecular complexity index is 811. The number of phenols is 8. The van der Waals surface area contributed by atoms with Crippen LogP contribution in [0.1, 0.15) is 15.9 Å². The van der Waals surface area contributed by atoms with Crippen molar-refractivity contribution in [2.24, 2.45) is 0 Å². The first kappa shape index (κ1) is 13.5. The molecule has 114 valence electrons. The number of phenolic OH excluding ortho intramolecular Hbond substituents is 8. The van der Waals surface area contributed by atoms with Gasteiger partial charge in [0, 0.05) is 11.1 Å². The number of carbonyl (C=O) groups is 1. The van der Waals surface area contributed by atoms with Gasteiger partial charge in [-0.2, -0.15) is 0 Å². The number of hydrogen-bond acceptors (Lipinski definition) is 9. The van der Waals surface area contributed by atoms with Crippen LogP contribution in [0, 0.1) is 0 Å². The Morgan fingerprint density at radius 2 is 0.591 bits per heavy atom. The zero-order valence-corrected chi connectivity index (χ0v) is 10.5. The molecule has 9 heteroatoms. The van der Waals surface area contributed by atoms with Crippen molar-refractivity contribution in [2.75, 3.05) is 0 Å². The highest BCUT2D eigenvalue weighted by atomic mass is 16.4. The molecular weight excluding hydrogens is 300 g/mol. The van der Waals surface area contributed by atoms with Gasteiger partial charge in [-0.05, 0) is 0 Å². The second kappa shape index (κ2) is 3.79. The maximum atomic E-state index is 12.2. The van der Waals surface area contributed by atoms with Crippen molar-refractivity contribution in [3.63, 3.8) is 0 Å². The third-order valence-electron chi connectivity index (χ3n) is 3.50. The molecule has 1 aliphatic carbocycles. The molecule has 2 aromatic carbocycles. The zero-order valence-electron chi connectivity index (χ0n) is 10.5. The number of hydrogen-bond donors (Lipinski definition) is 8. The lowest BCUT2D eigenvalue weighted by molar-refractivity contribution is 0.103. The first-order valence-corrected chi connectivity index (χ1v) is 5.74. The first-order valence-electron chi connectivity index (χ1n) is 5.74. The SMILES string of the molecule is O=C1c2c(O)c(O)c(O)c(O)c2-c2c(O)c(O)c(O)c(O)c21. The number of fused-ring (bicyclic) bond motifs is 3. The smallest absolute Gasteiger partial charge is 0.205 e. The van der Waals surface area contributed by atoms with Gasteiger partial charge in [0.25, 0.3) is 0 Å².